The minimum Gasteiger partial charge on any atom is -0.495 e. The van der Waals surface area contributed by atoms with Crippen molar-refractivity contribution >= 4 is 11.5 Å². The van der Waals surface area contributed by atoms with Crippen LogP contribution in [0.25, 0.3) is 0 Å². The Morgan fingerprint density at radius 2 is 2.06 bits per heavy atom. The fourth-order valence-electron chi connectivity index (χ4n) is 1.62. The molecule has 0 saturated heterocycles. The first-order chi connectivity index (χ1) is 8.76. The summed E-state index contributed by atoms with van der Waals surface area (Å²) in [4.78, 5) is 9.84. The fraction of sp³-hybridized carbons (Fsp3) is 0.154. The second kappa shape index (κ2) is 5.15. The van der Waals surface area contributed by atoms with Gasteiger partial charge in [-0.2, -0.15) is 5.26 Å². The van der Waals surface area contributed by atoms with E-state index in [1.807, 2.05) is 42.3 Å². The smallest absolute Gasteiger partial charge is 0.145 e. The summed E-state index contributed by atoms with van der Waals surface area (Å²) in [7, 11) is 3.48. The SMILES string of the molecule is COc1ccccc1N(C)c1cc(C#N)ncn1. The summed E-state index contributed by atoms with van der Waals surface area (Å²) < 4.78 is 5.29. The van der Waals surface area contributed by atoms with Crippen LogP contribution in [0.1, 0.15) is 5.69 Å². The van der Waals surface area contributed by atoms with E-state index >= 15 is 0 Å². The Morgan fingerprint density at radius 3 is 2.78 bits per heavy atom. The molecule has 18 heavy (non-hydrogen) atoms. The lowest BCUT2D eigenvalue weighted by Crippen LogP contribution is -2.12. The highest BCUT2D eigenvalue weighted by Gasteiger charge is 2.11. The number of benzene rings is 1. The van der Waals surface area contributed by atoms with Gasteiger partial charge in [-0.3, -0.25) is 0 Å². The van der Waals surface area contributed by atoms with Gasteiger partial charge in [0.1, 0.15) is 29.7 Å². The van der Waals surface area contributed by atoms with E-state index in [1.165, 1.54) is 6.33 Å². The molecule has 5 nitrogen and oxygen atoms in total. The molecule has 2 rings (SSSR count). The molecule has 0 aliphatic rings. The number of anilines is 2. The number of hydrogen-bond acceptors (Lipinski definition) is 5. The molecule has 0 N–H and O–H groups in total. The summed E-state index contributed by atoms with van der Waals surface area (Å²) in [5.41, 5.74) is 1.21. The first kappa shape index (κ1) is 11.9. The maximum absolute atomic E-state index is 8.83. The van der Waals surface area contributed by atoms with Gasteiger partial charge in [0, 0.05) is 13.1 Å². The third-order valence-electron chi connectivity index (χ3n) is 2.56. The molecule has 90 valence electrons. The first-order valence-corrected chi connectivity index (χ1v) is 5.35. The lowest BCUT2D eigenvalue weighted by molar-refractivity contribution is 0.415. The maximum atomic E-state index is 8.83. The van der Waals surface area contributed by atoms with Crippen molar-refractivity contribution in [2.24, 2.45) is 0 Å². The van der Waals surface area contributed by atoms with Gasteiger partial charge in [0.25, 0.3) is 0 Å². The third kappa shape index (κ3) is 2.23. The predicted molar refractivity (Wildman–Crippen MR) is 67.8 cm³/mol. The second-order valence-electron chi connectivity index (χ2n) is 3.60. The van der Waals surface area contributed by atoms with Crippen LogP contribution in [0.5, 0.6) is 5.75 Å². The van der Waals surface area contributed by atoms with E-state index in [1.54, 1.807) is 13.2 Å². The number of nitriles is 1. The van der Waals surface area contributed by atoms with Crippen molar-refractivity contribution in [3.05, 3.63) is 42.4 Å². The van der Waals surface area contributed by atoms with Gasteiger partial charge >= 0.3 is 0 Å². The van der Waals surface area contributed by atoms with Crippen molar-refractivity contribution < 1.29 is 4.74 Å². The molecule has 0 aliphatic heterocycles. The Morgan fingerprint density at radius 1 is 1.28 bits per heavy atom. The number of ether oxygens (including phenoxy) is 1. The highest BCUT2D eigenvalue weighted by molar-refractivity contribution is 5.66. The van der Waals surface area contributed by atoms with Crippen molar-refractivity contribution in [3.63, 3.8) is 0 Å². The summed E-state index contributed by atoms with van der Waals surface area (Å²) in [6.45, 7) is 0. The Labute approximate surface area is 105 Å². The molecular weight excluding hydrogens is 228 g/mol. The average Bonchev–Trinajstić information content (AvgIpc) is 2.46. The van der Waals surface area contributed by atoms with Crippen molar-refractivity contribution in [2.75, 3.05) is 19.1 Å². The molecule has 5 heteroatoms. The second-order valence-corrected chi connectivity index (χ2v) is 3.60. The Bertz CT molecular complexity index is 592. The van der Waals surface area contributed by atoms with Crippen LogP contribution in [0.15, 0.2) is 36.7 Å². The van der Waals surface area contributed by atoms with Crippen LogP contribution in [0.2, 0.25) is 0 Å². The molecule has 0 bridgehead atoms. The number of hydrogen-bond donors (Lipinski definition) is 0. The quantitative estimate of drug-likeness (QED) is 0.822. The molecule has 0 aliphatic carbocycles. The standard InChI is InChI=1S/C13H12N4O/c1-17(11-5-3-4-6-12(11)18-2)13-7-10(8-14)15-9-16-13/h3-7,9H,1-2H3. The van der Waals surface area contributed by atoms with Gasteiger partial charge in [-0.05, 0) is 12.1 Å². The van der Waals surface area contributed by atoms with Crippen molar-refractivity contribution in [3.8, 4) is 11.8 Å². The molecule has 0 fully saturated rings. The molecule has 0 saturated carbocycles. The number of aromatic nitrogens is 2. The lowest BCUT2D eigenvalue weighted by atomic mass is 10.2. The van der Waals surface area contributed by atoms with E-state index in [0.29, 0.717) is 11.5 Å². The van der Waals surface area contributed by atoms with Gasteiger partial charge in [0.05, 0.1) is 12.8 Å². The predicted octanol–water partition coefficient (Wildman–Crippen LogP) is 2.12. The molecule has 0 atom stereocenters. The number of nitrogens with zero attached hydrogens (tertiary/aromatic N) is 4. The Kier molecular flexibility index (Phi) is 3.39. The van der Waals surface area contributed by atoms with E-state index in [-0.39, 0.29) is 0 Å². The van der Waals surface area contributed by atoms with E-state index in [0.717, 1.165) is 11.4 Å². The molecule has 0 radical (unpaired) electrons. The topological polar surface area (TPSA) is 62.0 Å². The normalized spacial score (nSPS) is 9.61. The van der Waals surface area contributed by atoms with Gasteiger partial charge in [-0.1, -0.05) is 12.1 Å². The van der Waals surface area contributed by atoms with Crippen LogP contribution in [0.3, 0.4) is 0 Å². The van der Waals surface area contributed by atoms with Gasteiger partial charge < -0.3 is 9.64 Å². The van der Waals surface area contributed by atoms with Crippen LogP contribution in [-0.2, 0) is 0 Å². The zero-order valence-corrected chi connectivity index (χ0v) is 10.2. The van der Waals surface area contributed by atoms with Crippen molar-refractivity contribution in [2.45, 2.75) is 0 Å². The molecule has 0 amide bonds. The molecule has 0 unspecified atom stereocenters. The van der Waals surface area contributed by atoms with Gasteiger partial charge in [-0.15, -0.1) is 0 Å². The van der Waals surface area contributed by atoms with Crippen molar-refractivity contribution in [1.29, 1.82) is 5.26 Å². The zero-order chi connectivity index (χ0) is 13.0. The minimum absolute atomic E-state index is 0.335. The van der Waals surface area contributed by atoms with Crippen LogP contribution in [0, 0.1) is 11.3 Å². The van der Waals surface area contributed by atoms with Crippen LogP contribution < -0.4 is 9.64 Å². The fourth-order valence-corrected chi connectivity index (χ4v) is 1.62. The van der Waals surface area contributed by atoms with Crippen LogP contribution in [0.4, 0.5) is 11.5 Å². The highest BCUT2D eigenvalue weighted by Crippen LogP contribution is 2.30. The molecule has 1 aromatic heterocycles. The first-order valence-electron chi connectivity index (χ1n) is 5.35. The number of methoxy groups -OCH3 is 1. The van der Waals surface area contributed by atoms with Gasteiger partial charge in [0.15, 0.2) is 0 Å². The molecule has 2 aromatic rings. The summed E-state index contributed by atoms with van der Waals surface area (Å²) in [5.74, 6) is 1.39. The van der Waals surface area contributed by atoms with Gasteiger partial charge in [-0.25, -0.2) is 9.97 Å². The van der Waals surface area contributed by atoms with E-state index in [4.69, 9.17) is 10.00 Å². The van der Waals surface area contributed by atoms with Gasteiger partial charge in [0.2, 0.25) is 0 Å². The third-order valence-corrected chi connectivity index (χ3v) is 2.56. The summed E-state index contributed by atoms with van der Waals surface area (Å²) in [6, 6.07) is 11.2. The number of para-hydroxylation sites is 2. The summed E-state index contributed by atoms with van der Waals surface area (Å²) in [6.07, 6.45) is 1.37. The Balaban J connectivity index is 2.41. The molecule has 1 heterocycles. The van der Waals surface area contributed by atoms with E-state index in [9.17, 15) is 0 Å². The minimum atomic E-state index is 0.335. The van der Waals surface area contributed by atoms with Crippen LogP contribution in [-0.4, -0.2) is 24.1 Å². The largest absolute Gasteiger partial charge is 0.495 e. The monoisotopic (exact) mass is 240 g/mol. The van der Waals surface area contributed by atoms with E-state index < -0.39 is 0 Å². The highest BCUT2D eigenvalue weighted by atomic mass is 16.5. The summed E-state index contributed by atoms with van der Waals surface area (Å²) in [5, 5.41) is 8.83. The molecular formula is C13H12N4O. The average molecular weight is 240 g/mol. The maximum Gasteiger partial charge on any atom is 0.145 e. The lowest BCUT2D eigenvalue weighted by Gasteiger charge is -2.20. The Hall–Kier alpha value is -2.61. The number of rotatable bonds is 3. The van der Waals surface area contributed by atoms with Crippen LogP contribution >= 0.6 is 0 Å². The van der Waals surface area contributed by atoms with E-state index in [2.05, 4.69) is 9.97 Å². The zero-order valence-electron chi connectivity index (χ0n) is 10.2. The summed E-state index contributed by atoms with van der Waals surface area (Å²) >= 11 is 0. The molecule has 1 aromatic carbocycles. The van der Waals surface area contributed by atoms with Crippen molar-refractivity contribution in [1.82, 2.24) is 9.97 Å². The molecule has 0 spiro atoms.